The molecule has 3 N–H and O–H groups in total. The highest BCUT2D eigenvalue weighted by Crippen LogP contribution is 2.30. The zero-order valence-electron chi connectivity index (χ0n) is 12.5. The van der Waals surface area contributed by atoms with E-state index in [4.69, 9.17) is 5.73 Å². The summed E-state index contributed by atoms with van der Waals surface area (Å²) in [6.45, 7) is 3.84. The first-order valence-corrected chi connectivity index (χ1v) is 8.33. The van der Waals surface area contributed by atoms with E-state index < -0.39 is 16.1 Å². The van der Waals surface area contributed by atoms with Crippen LogP contribution in [0.4, 0.5) is 5.69 Å². The lowest BCUT2D eigenvalue weighted by atomic mass is 10.1. The van der Waals surface area contributed by atoms with E-state index in [0.717, 1.165) is 5.56 Å². The maximum atomic E-state index is 12.9. The van der Waals surface area contributed by atoms with Gasteiger partial charge < -0.3 is 11.1 Å². The first kappa shape index (κ1) is 15.8. The fourth-order valence-corrected chi connectivity index (χ4v) is 4.70. The quantitative estimate of drug-likeness (QED) is 0.807. The Kier molecular flexibility index (Phi) is 4.25. The van der Waals surface area contributed by atoms with Gasteiger partial charge in [-0.2, -0.15) is 4.31 Å². The Morgan fingerprint density at radius 1 is 1.38 bits per heavy atom. The van der Waals surface area contributed by atoms with Crippen LogP contribution in [0.25, 0.3) is 0 Å². The summed E-state index contributed by atoms with van der Waals surface area (Å²) >= 11 is 0. The minimum atomic E-state index is -3.73. The number of benzene rings is 1. The first-order valence-electron chi connectivity index (χ1n) is 6.89. The van der Waals surface area contributed by atoms with E-state index in [0.29, 0.717) is 30.6 Å². The Morgan fingerprint density at radius 3 is 2.67 bits per heavy atom. The van der Waals surface area contributed by atoms with E-state index in [2.05, 4.69) is 5.32 Å². The number of likely N-dealkylation sites (N-methyl/N-ethyl adjacent to an activating group) is 1. The van der Waals surface area contributed by atoms with Crippen LogP contribution < -0.4 is 11.1 Å². The number of carbonyl (C=O) groups excluding carboxylic acids is 1. The highest BCUT2D eigenvalue weighted by molar-refractivity contribution is 7.89. The number of nitrogens with one attached hydrogen (secondary N) is 1. The van der Waals surface area contributed by atoms with Gasteiger partial charge >= 0.3 is 0 Å². The third-order valence-corrected chi connectivity index (χ3v) is 5.92. The minimum Gasteiger partial charge on any atom is -0.398 e. The fourth-order valence-electron chi connectivity index (χ4n) is 2.70. The van der Waals surface area contributed by atoms with Crippen LogP contribution in [0.2, 0.25) is 0 Å². The summed E-state index contributed by atoms with van der Waals surface area (Å²) in [5.74, 6) is -0.269. The molecule has 1 unspecified atom stereocenters. The van der Waals surface area contributed by atoms with Crippen molar-refractivity contribution in [2.45, 2.75) is 37.6 Å². The molecule has 116 valence electrons. The third kappa shape index (κ3) is 2.75. The van der Waals surface area contributed by atoms with Gasteiger partial charge in [0, 0.05) is 19.3 Å². The van der Waals surface area contributed by atoms with Gasteiger partial charge in [0.05, 0.1) is 4.90 Å². The van der Waals surface area contributed by atoms with Crippen molar-refractivity contribution in [3.8, 4) is 0 Å². The van der Waals surface area contributed by atoms with Crippen LogP contribution in [-0.2, 0) is 14.8 Å². The monoisotopic (exact) mass is 311 g/mol. The van der Waals surface area contributed by atoms with E-state index >= 15 is 0 Å². The van der Waals surface area contributed by atoms with Gasteiger partial charge in [-0.25, -0.2) is 8.42 Å². The number of aryl methyl sites for hydroxylation is 1. The molecule has 6 nitrogen and oxygen atoms in total. The summed E-state index contributed by atoms with van der Waals surface area (Å²) in [4.78, 5) is 12.1. The third-order valence-electron chi connectivity index (χ3n) is 3.88. The van der Waals surface area contributed by atoms with Gasteiger partial charge in [-0.15, -0.1) is 0 Å². The van der Waals surface area contributed by atoms with Crippen molar-refractivity contribution in [3.63, 3.8) is 0 Å². The Bertz CT molecular complexity index is 670. The molecule has 0 radical (unpaired) electrons. The smallest absolute Gasteiger partial charge is 0.244 e. The molecule has 1 aliphatic rings. The van der Waals surface area contributed by atoms with Gasteiger partial charge in [0.1, 0.15) is 6.04 Å². The zero-order valence-corrected chi connectivity index (χ0v) is 13.3. The Morgan fingerprint density at radius 2 is 2.05 bits per heavy atom. The number of amides is 1. The molecular weight excluding hydrogens is 290 g/mol. The molecule has 1 aromatic carbocycles. The van der Waals surface area contributed by atoms with E-state index in [9.17, 15) is 13.2 Å². The molecule has 7 heteroatoms. The van der Waals surface area contributed by atoms with Crippen LogP contribution >= 0.6 is 0 Å². The number of hydrogen-bond acceptors (Lipinski definition) is 4. The Hall–Kier alpha value is -1.60. The summed E-state index contributed by atoms with van der Waals surface area (Å²) in [5.41, 5.74) is 7.64. The molecule has 21 heavy (non-hydrogen) atoms. The van der Waals surface area contributed by atoms with E-state index in [1.807, 2.05) is 0 Å². The molecule has 2 rings (SSSR count). The van der Waals surface area contributed by atoms with Crippen molar-refractivity contribution >= 4 is 21.6 Å². The number of nitrogens with zero attached hydrogens (tertiary/aromatic N) is 1. The normalized spacial score (nSPS) is 19.7. The molecule has 1 saturated heterocycles. The molecule has 0 aromatic heterocycles. The number of nitrogens with two attached hydrogens (primary N) is 1. The minimum absolute atomic E-state index is 0.191. The predicted molar refractivity (Wildman–Crippen MR) is 81.3 cm³/mol. The van der Waals surface area contributed by atoms with Gasteiger partial charge in [-0.1, -0.05) is 0 Å². The summed E-state index contributed by atoms with van der Waals surface area (Å²) < 4.78 is 27.0. The van der Waals surface area contributed by atoms with Gasteiger partial charge in [-0.05, 0) is 49.9 Å². The predicted octanol–water partition coefficient (Wildman–Crippen LogP) is 0.785. The van der Waals surface area contributed by atoms with Crippen molar-refractivity contribution in [1.29, 1.82) is 0 Å². The molecule has 1 aliphatic heterocycles. The molecule has 0 bridgehead atoms. The molecule has 1 heterocycles. The van der Waals surface area contributed by atoms with Crippen LogP contribution in [0, 0.1) is 13.8 Å². The lowest BCUT2D eigenvalue weighted by Crippen LogP contribution is -2.45. The number of rotatable bonds is 3. The van der Waals surface area contributed by atoms with Crippen molar-refractivity contribution in [2.75, 3.05) is 19.3 Å². The van der Waals surface area contributed by atoms with Crippen LogP contribution in [0.1, 0.15) is 24.0 Å². The fraction of sp³-hybridized carbons (Fsp3) is 0.500. The standard InChI is InChI=1S/C14H21N3O3S/c1-9-7-11(15)10(2)13(8-9)21(19,20)17-6-4-5-12(17)14(18)16-3/h7-8,12H,4-6,15H2,1-3H3,(H,16,18). The SMILES string of the molecule is CNC(=O)C1CCCN1S(=O)(=O)c1cc(C)cc(N)c1C. The zero-order chi connectivity index (χ0) is 15.8. The molecular formula is C14H21N3O3S. The Labute approximate surface area is 125 Å². The van der Waals surface area contributed by atoms with Crippen LogP contribution in [0.15, 0.2) is 17.0 Å². The summed E-state index contributed by atoms with van der Waals surface area (Å²) in [5, 5.41) is 2.53. The van der Waals surface area contributed by atoms with E-state index in [1.165, 1.54) is 11.4 Å². The van der Waals surface area contributed by atoms with E-state index in [-0.39, 0.29) is 10.8 Å². The average Bonchev–Trinajstić information content (AvgIpc) is 2.91. The largest absolute Gasteiger partial charge is 0.398 e. The van der Waals surface area contributed by atoms with Gasteiger partial charge in [-0.3, -0.25) is 4.79 Å². The second kappa shape index (κ2) is 5.65. The molecule has 1 fully saturated rings. The number of anilines is 1. The van der Waals surface area contributed by atoms with Crippen molar-refractivity contribution in [1.82, 2.24) is 9.62 Å². The number of sulfonamides is 1. The average molecular weight is 311 g/mol. The van der Waals surface area contributed by atoms with Crippen LogP contribution in [0.3, 0.4) is 0 Å². The summed E-state index contributed by atoms with van der Waals surface area (Å²) in [6.07, 6.45) is 1.22. The molecule has 1 atom stereocenters. The topological polar surface area (TPSA) is 92.5 Å². The molecule has 1 amide bonds. The highest BCUT2D eigenvalue weighted by atomic mass is 32.2. The maximum Gasteiger partial charge on any atom is 0.244 e. The van der Waals surface area contributed by atoms with Gasteiger partial charge in [0.25, 0.3) is 0 Å². The molecule has 0 aliphatic carbocycles. The molecule has 0 spiro atoms. The number of carbonyl (C=O) groups is 1. The van der Waals surface area contributed by atoms with Crippen LogP contribution in [-0.4, -0.2) is 38.3 Å². The van der Waals surface area contributed by atoms with Crippen molar-refractivity contribution in [2.24, 2.45) is 0 Å². The van der Waals surface area contributed by atoms with Gasteiger partial charge in [0.15, 0.2) is 0 Å². The van der Waals surface area contributed by atoms with Crippen molar-refractivity contribution < 1.29 is 13.2 Å². The van der Waals surface area contributed by atoms with Gasteiger partial charge in [0.2, 0.25) is 15.9 Å². The van der Waals surface area contributed by atoms with Crippen molar-refractivity contribution in [3.05, 3.63) is 23.3 Å². The lowest BCUT2D eigenvalue weighted by Gasteiger charge is -2.24. The lowest BCUT2D eigenvalue weighted by molar-refractivity contribution is -0.123. The summed E-state index contributed by atoms with van der Waals surface area (Å²) in [6, 6.07) is 2.72. The number of hydrogen-bond donors (Lipinski definition) is 2. The molecule has 1 aromatic rings. The van der Waals surface area contributed by atoms with Crippen LogP contribution in [0.5, 0.6) is 0 Å². The Balaban J connectivity index is 2.50. The van der Waals surface area contributed by atoms with E-state index in [1.54, 1.807) is 26.0 Å². The number of nitrogen functional groups attached to an aromatic ring is 1. The molecule has 0 saturated carbocycles. The summed E-state index contributed by atoms with van der Waals surface area (Å²) in [7, 11) is -2.21. The highest BCUT2D eigenvalue weighted by Gasteiger charge is 2.39. The second-order valence-corrected chi connectivity index (χ2v) is 7.22. The maximum absolute atomic E-state index is 12.9. The first-order chi connectivity index (χ1) is 9.78. The second-order valence-electron chi connectivity index (χ2n) is 5.37.